The largest absolute Gasteiger partial charge is 0.477 e. The Morgan fingerprint density at radius 2 is 1.16 bits per heavy atom. The summed E-state index contributed by atoms with van der Waals surface area (Å²) in [6, 6.07) is 0. The molecule has 5 aromatic rings. The van der Waals surface area contributed by atoms with Gasteiger partial charge in [-0.25, -0.2) is 19.0 Å². The second-order valence-corrected chi connectivity index (χ2v) is 10.9. The van der Waals surface area contributed by atoms with Crippen LogP contribution < -0.4 is 16.8 Å². The van der Waals surface area contributed by atoms with E-state index in [1.807, 2.05) is 13.8 Å². The van der Waals surface area contributed by atoms with Crippen LogP contribution in [-0.4, -0.2) is 83.3 Å². The zero-order chi connectivity index (χ0) is 36.1. The van der Waals surface area contributed by atoms with Gasteiger partial charge in [-0.05, 0) is 25.7 Å². The van der Waals surface area contributed by atoms with Gasteiger partial charge in [0.05, 0.1) is 23.8 Å². The lowest BCUT2D eigenvalue weighted by Crippen LogP contribution is -2.15. The van der Waals surface area contributed by atoms with Gasteiger partial charge in [0, 0.05) is 21.1 Å². The van der Waals surface area contributed by atoms with E-state index in [4.69, 9.17) is 11.5 Å². The van der Waals surface area contributed by atoms with Gasteiger partial charge in [-0.15, -0.1) is 20.5 Å². The lowest BCUT2D eigenvalue weighted by atomic mass is 10.2. The molecule has 0 aliphatic carbocycles. The molecular formula is C28H36N18O4. The van der Waals surface area contributed by atoms with E-state index in [2.05, 4.69) is 61.1 Å². The number of hydrogen-bond acceptors (Lipinski definition) is 16. The number of nitrogens with zero attached hydrogens (tertiary/aromatic N) is 15. The molecule has 0 fully saturated rings. The highest BCUT2D eigenvalue weighted by Crippen LogP contribution is 2.34. The van der Waals surface area contributed by atoms with Crippen molar-refractivity contribution in [2.75, 3.05) is 23.8 Å². The molecule has 5 rings (SSSR count). The highest BCUT2D eigenvalue weighted by molar-refractivity contribution is 5.92. The number of carboxylic acids is 2. The maximum Gasteiger partial charge on any atom is 0.341 e. The highest BCUT2D eigenvalue weighted by Gasteiger charge is 2.24. The molecule has 0 atom stereocenters. The fourth-order valence-corrected chi connectivity index (χ4v) is 4.74. The van der Waals surface area contributed by atoms with E-state index in [0.717, 1.165) is 25.7 Å². The standard InChI is InChI=1S/C28H36N18O4/c1-6-8-10-16-18(37-39-22-14(24(47)48)12-32-43(22)4)20(29)45(41-16)27-34-26(31-3)35-28(36-27)46-21(30)19(17(42-46)11-9-7-2)38-40-23-15(25(49)50)13-33-44(23)5/h12-13H,6-11,29-30H2,1-5H3,(H,47,48)(H,49,50)(H,31,34,35,36). The van der Waals surface area contributed by atoms with Crippen LogP contribution in [0.3, 0.4) is 0 Å². The van der Waals surface area contributed by atoms with Crippen molar-refractivity contribution in [3.63, 3.8) is 0 Å². The van der Waals surface area contributed by atoms with Crippen LogP contribution in [0.15, 0.2) is 32.9 Å². The molecule has 0 spiro atoms. The maximum absolute atomic E-state index is 11.7. The lowest BCUT2D eigenvalue weighted by molar-refractivity contribution is 0.0686. The molecule has 0 bridgehead atoms. The van der Waals surface area contributed by atoms with Gasteiger partial charge in [0.25, 0.3) is 11.9 Å². The number of carboxylic acid groups (broad SMARTS) is 2. The van der Waals surface area contributed by atoms with Gasteiger partial charge in [-0.3, -0.25) is 0 Å². The normalized spacial score (nSPS) is 11.7. The number of nitrogen functional groups attached to an aromatic ring is 2. The van der Waals surface area contributed by atoms with Crippen molar-refractivity contribution in [2.24, 2.45) is 34.6 Å². The molecule has 0 saturated carbocycles. The number of nitrogens with one attached hydrogen (secondary N) is 1. The first-order valence-electron chi connectivity index (χ1n) is 15.5. The Morgan fingerprint density at radius 3 is 1.52 bits per heavy atom. The van der Waals surface area contributed by atoms with Crippen LogP contribution in [0.4, 0.5) is 40.6 Å². The summed E-state index contributed by atoms with van der Waals surface area (Å²) in [6.07, 6.45) is 6.54. The van der Waals surface area contributed by atoms with Gasteiger partial charge in [0.1, 0.15) is 11.1 Å². The number of aryl methyl sites for hydroxylation is 4. The fraction of sp³-hybridized carbons (Fsp3) is 0.393. The van der Waals surface area contributed by atoms with Crippen molar-refractivity contribution in [3.8, 4) is 11.9 Å². The number of azo groups is 2. The van der Waals surface area contributed by atoms with E-state index in [-0.39, 0.29) is 63.6 Å². The van der Waals surface area contributed by atoms with Gasteiger partial charge in [-0.1, -0.05) is 26.7 Å². The second-order valence-electron chi connectivity index (χ2n) is 10.9. The third kappa shape index (κ3) is 6.84. The van der Waals surface area contributed by atoms with Crippen molar-refractivity contribution >= 4 is 52.5 Å². The minimum absolute atomic E-state index is 0.00280. The summed E-state index contributed by atoms with van der Waals surface area (Å²) in [4.78, 5) is 36.9. The number of unbranched alkanes of at least 4 members (excludes halogenated alkanes) is 2. The Labute approximate surface area is 284 Å². The quantitative estimate of drug-likeness (QED) is 0.0977. The first kappa shape index (κ1) is 34.7. The molecular weight excluding hydrogens is 652 g/mol. The van der Waals surface area contributed by atoms with Crippen molar-refractivity contribution < 1.29 is 19.8 Å². The molecule has 0 aliphatic rings. The number of hydrogen-bond donors (Lipinski definition) is 5. The van der Waals surface area contributed by atoms with E-state index in [1.165, 1.54) is 31.1 Å². The summed E-state index contributed by atoms with van der Waals surface area (Å²) in [5, 5.41) is 56.1. The summed E-state index contributed by atoms with van der Waals surface area (Å²) >= 11 is 0. The van der Waals surface area contributed by atoms with Crippen LogP contribution in [0.25, 0.3) is 11.9 Å². The summed E-state index contributed by atoms with van der Waals surface area (Å²) in [7, 11) is 4.71. The Balaban J connectivity index is 1.61. The molecule has 22 heteroatoms. The van der Waals surface area contributed by atoms with Crippen molar-refractivity contribution in [1.29, 1.82) is 0 Å². The highest BCUT2D eigenvalue weighted by atomic mass is 16.4. The molecule has 5 aromatic heterocycles. The molecule has 22 nitrogen and oxygen atoms in total. The number of rotatable bonds is 15. The number of carbonyl (C=O) groups is 2. The molecule has 50 heavy (non-hydrogen) atoms. The van der Waals surface area contributed by atoms with E-state index in [9.17, 15) is 19.8 Å². The number of anilines is 3. The summed E-state index contributed by atoms with van der Waals surface area (Å²) in [5.41, 5.74) is 14.3. The van der Waals surface area contributed by atoms with Crippen LogP contribution in [0.2, 0.25) is 0 Å². The van der Waals surface area contributed by atoms with Crippen LogP contribution in [0.1, 0.15) is 71.6 Å². The molecule has 0 radical (unpaired) electrons. The Morgan fingerprint density at radius 1 is 0.740 bits per heavy atom. The monoisotopic (exact) mass is 688 g/mol. The topological polar surface area (TPSA) is 298 Å². The molecule has 0 amide bonds. The van der Waals surface area contributed by atoms with Crippen LogP contribution in [-0.2, 0) is 26.9 Å². The third-order valence-electron chi connectivity index (χ3n) is 7.44. The van der Waals surface area contributed by atoms with Crippen molar-refractivity contribution in [1.82, 2.24) is 54.1 Å². The smallest absolute Gasteiger partial charge is 0.341 e. The zero-order valence-electron chi connectivity index (χ0n) is 28.0. The molecule has 0 aliphatic heterocycles. The van der Waals surface area contributed by atoms with Crippen molar-refractivity contribution in [3.05, 3.63) is 34.9 Å². The van der Waals surface area contributed by atoms with Gasteiger partial charge in [0.15, 0.2) is 34.6 Å². The van der Waals surface area contributed by atoms with Gasteiger partial charge in [-0.2, -0.15) is 44.7 Å². The van der Waals surface area contributed by atoms with Crippen LogP contribution in [0.5, 0.6) is 0 Å². The molecule has 0 saturated heterocycles. The Bertz CT molecular complexity index is 1960. The minimum atomic E-state index is -1.21. The van der Waals surface area contributed by atoms with E-state index < -0.39 is 11.9 Å². The van der Waals surface area contributed by atoms with Gasteiger partial charge in [0.2, 0.25) is 5.95 Å². The SMILES string of the molecule is CCCCc1nn(-c2nc(NC)nc(-n3nc(CCCC)c(N=Nc4c(C(=O)O)cnn4C)c3N)n2)c(N)c1N=Nc1c(C(=O)O)cnn1C. The molecule has 0 unspecified atom stereocenters. The third-order valence-corrected chi connectivity index (χ3v) is 7.44. The molecule has 262 valence electrons. The first-order valence-corrected chi connectivity index (χ1v) is 15.5. The van der Waals surface area contributed by atoms with Crippen LogP contribution >= 0.6 is 0 Å². The predicted octanol–water partition coefficient (Wildman–Crippen LogP) is 3.83. The first-order chi connectivity index (χ1) is 24.0. The summed E-state index contributed by atoms with van der Waals surface area (Å²) in [5.74, 6) is -2.17. The Kier molecular flexibility index (Phi) is 10.2. The van der Waals surface area contributed by atoms with E-state index in [1.54, 1.807) is 21.1 Å². The molecule has 5 heterocycles. The summed E-state index contributed by atoms with van der Waals surface area (Å²) in [6.45, 7) is 4.04. The number of aromatic nitrogens is 11. The predicted molar refractivity (Wildman–Crippen MR) is 178 cm³/mol. The van der Waals surface area contributed by atoms with E-state index in [0.29, 0.717) is 24.2 Å². The zero-order valence-corrected chi connectivity index (χ0v) is 28.0. The second kappa shape index (κ2) is 14.7. The van der Waals surface area contributed by atoms with E-state index >= 15 is 0 Å². The van der Waals surface area contributed by atoms with Crippen molar-refractivity contribution in [2.45, 2.75) is 52.4 Å². The molecule has 7 N–H and O–H groups in total. The maximum atomic E-state index is 11.7. The molecule has 0 aromatic carbocycles. The number of nitrogens with two attached hydrogens (primary N) is 2. The number of aromatic carboxylic acids is 2. The van der Waals surface area contributed by atoms with Crippen LogP contribution in [0, 0.1) is 0 Å². The van der Waals surface area contributed by atoms with Gasteiger partial charge >= 0.3 is 11.9 Å². The minimum Gasteiger partial charge on any atom is -0.477 e. The fourth-order valence-electron chi connectivity index (χ4n) is 4.74. The summed E-state index contributed by atoms with van der Waals surface area (Å²) < 4.78 is 5.13. The van der Waals surface area contributed by atoms with Gasteiger partial charge < -0.3 is 27.0 Å². The average Bonchev–Trinajstić information content (AvgIpc) is 3.83. The Hall–Kier alpha value is -6.61. The lowest BCUT2D eigenvalue weighted by Gasteiger charge is -2.08. The average molecular weight is 689 g/mol.